The Bertz CT molecular complexity index is 1420. The zero-order chi connectivity index (χ0) is 29.9. The third-order valence-corrected chi connectivity index (χ3v) is 15.9. The molecule has 3 heteroatoms. The van der Waals surface area contributed by atoms with Crippen LogP contribution in [-0.2, 0) is 17.1 Å². The number of rotatable bonds is 5. The van der Waals surface area contributed by atoms with Crippen LogP contribution in [0.2, 0.25) is 0 Å². The van der Waals surface area contributed by atoms with Crippen LogP contribution < -0.4 is 10.6 Å². The normalized spacial score (nSPS) is 15.8. The van der Waals surface area contributed by atoms with Gasteiger partial charge in [0.15, 0.2) is 0 Å². The van der Waals surface area contributed by atoms with E-state index in [0.29, 0.717) is 16.0 Å². The van der Waals surface area contributed by atoms with E-state index in [0.717, 1.165) is 0 Å². The van der Waals surface area contributed by atoms with Crippen molar-refractivity contribution in [3.8, 4) is 0 Å². The summed E-state index contributed by atoms with van der Waals surface area (Å²) < 4.78 is 0. The Hall–Kier alpha value is -1.48. The predicted octanol–water partition coefficient (Wildman–Crippen LogP) is 13.2. The molecular formula is C42H58FeP2. The minimum Gasteiger partial charge on any atom is -0.358 e. The van der Waals surface area contributed by atoms with Crippen LogP contribution in [0.15, 0.2) is 95.8 Å². The van der Waals surface area contributed by atoms with Gasteiger partial charge in [-0.1, -0.05) is 179 Å². The fraction of sp³-hybridized carbons (Fsp3) is 0.429. The van der Waals surface area contributed by atoms with Crippen LogP contribution >= 0.6 is 15.8 Å². The van der Waals surface area contributed by atoms with Crippen molar-refractivity contribution in [3.05, 3.63) is 111 Å². The third-order valence-electron chi connectivity index (χ3n) is 9.10. The van der Waals surface area contributed by atoms with E-state index in [-0.39, 0.29) is 39.8 Å². The van der Waals surface area contributed by atoms with E-state index in [1.165, 1.54) is 83.5 Å². The van der Waals surface area contributed by atoms with Crippen molar-refractivity contribution in [2.45, 2.75) is 116 Å². The second-order valence-electron chi connectivity index (χ2n) is 14.3. The summed E-state index contributed by atoms with van der Waals surface area (Å²) in [5.74, 6) is 0. The topological polar surface area (TPSA) is 0 Å². The SMILES string of the molecule is C1CCCC1.C[C@H](C1=C(P(c2cccc3ccccc23)c2cccc3ccccc23)CCC1)P(C(C)(C)C)C(C)(C)C.[CH3-].[CH3-].[Fe+2]. The molecule has 0 heterocycles. The van der Waals surface area contributed by atoms with E-state index in [2.05, 4.69) is 133 Å². The van der Waals surface area contributed by atoms with Gasteiger partial charge >= 0.3 is 17.1 Å². The minimum absolute atomic E-state index is 0. The zero-order valence-corrected chi connectivity index (χ0v) is 32.5. The van der Waals surface area contributed by atoms with Gasteiger partial charge < -0.3 is 14.9 Å². The van der Waals surface area contributed by atoms with E-state index < -0.39 is 7.92 Å². The predicted molar refractivity (Wildman–Crippen MR) is 207 cm³/mol. The molecule has 45 heavy (non-hydrogen) atoms. The molecule has 1 saturated carbocycles. The number of allylic oxidation sites excluding steroid dienone is 2. The van der Waals surface area contributed by atoms with Gasteiger partial charge in [0.05, 0.1) is 0 Å². The maximum atomic E-state index is 2.57. The molecular weight excluding hydrogens is 622 g/mol. The fourth-order valence-corrected chi connectivity index (χ4v) is 16.1. The summed E-state index contributed by atoms with van der Waals surface area (Å²) in [6.07, 6.45) is 11.3. The van der Waals surface area contributed by atoms with Gasteiger partial charge in [0.25, 0.3) is 0 Å². The first kappa shape index (κ1) is 39.7. The van der Waals surface area contributed by atoms with Gasteiger partial charge in [-0.05, 0) is 80.6 Å². The molecule has 1 atom stereocenters. The van der Waals surface area contributed by atoms with Crippen LogP contribution in [0.5, 0.6) is 0 Å². The quantitative estimate of drug-likeness (QED) is 0.112. The number of hydrogen-bond acceptors (Lipinski definition) is 0. The first-order valence-electron chi connectivity index (χ1n) is 16.3. The maximum absolute atomic E-state index is 2.57. The Morgan fingerprint density at radius 3 is 1.36 bits per heavy atom. The number of hydrogen-bond donors (Lipinski definition) is 0. The smallest absolute Gasteiger partial charge is 0.358 e. The van der Waals surface area contributed by atoms with Crippen molar-refractivity contribution in [1.29, 1.82) is 0 Å². The van der Waals surface area contributed by atoms with Crippen LogP contribution in [0.4, 0.5) is 0 Å². The molecule has 244 valence electrons. The molecule has 6 rings (SSSR count). The fourth-order valence-electron chi connectivity index (χ4n) is 7.89. The first-order valence-corrected chi connectivity index (χ1v) is 19.1. The Balaban J connectivity index is 0.000000805. The average Bonchev–Trinajstić information content (AvgIpc) is 3.68. The molecule has 0 amide bonds. The Morgan fingerprint density at radius 2 is 0.933 bits per heavy atom. The molecule has 2 aliphatic rings. The van der Waals surface area contributed by atoms with Gasteiger partial charge in [-0.25, -0.2) is 0 Å². The molecule has 1 fully saturated rings. The van der Waals surface area contributed by atoms with E-state index in [9.17, 15) is 0 Å². The molecule has 2 aliphatic carbocycles. The monoisotopic (exact) mass is 680 g/mol. The van der Waals surface area contributed by atoms with Gasteiger partial charge in [-0.3, -0.25) is 0 Å². The Kier molecular flexibility index (Phi) is 15.1. The second kappa shape index (κ2) is 17.1. The average molecular weight is 681 g/mol. The van der Waals surface area contributed by atoms with Crippen LogP contribution in [-0.4, -0.2) is 16.0 Å². The zero-order valence-electron chi connectivity index (χ0n) is 29.6. The molecule has 4 aromatic carbocycles. The van der Waals surface area contributed by atoms with Gasteiger partial charge in [0.2, 0.25) is 0 Å². The summed E-state index contributed by atoms with van der Waals surface area (Å²) in [6.45, 7) is 17.5. The first-order chi connectivity index (χ1) is 20.1. The number of benzene rings is 4. The Morgan fingerprint density at radius 1 is 0.533 bits per heavy atom. The van der Waals surface area contributed by atoms with Crippen molar-refractivity contribution in [2.24, 2.45) is 0 Å². The van der Waals surface area contributed by atoms with E-state index in [1.807, 2.05) is 0 Å². The molecule has 0 bridgehead atoms. The minimum atomic E-state index is -0.630. The molecule has 0 aromatic heterocycles. The summed E-state index contributed by atoms with van der Waals surface area (Å²) in [5, 5.41) is 11.0. The maximum Gasteiger partial charge on any atom is 2.00 e. The standard InChI is InChI=1S/C35H42P2.C5H10.2CH3.Fe/c1-25(37(34(2,3)4)35(5,6)7)28-21-14-24-31(28)36(32-22-12-17-26-15-8-10-19-29(26)32)33-23-13-18-27-16-9-11-20-30(27)33;1-2-4-5-3-1;;;/h8-13,15-20,22-23,25H,14,21,24H2,1-7H3;1-5H2;2*1H3;/q;;2*-1;+2/t25-;;;;/m1..../s1. The third kappa shape index (κ3) is 9.11. The van der Waals surface area contributed by atoms with Crippen LogP contribution in [0.25, 0.3) is 21.5 Å². The van der Waals surface area contributed by atoms with Gasteiger partial charge in [-0.15, -0.1) is 0 Å². The van der Waals surface area contributed by atoms with Crippen LogP contribution in [0, 0.1) is 14.9 Å². The van der Waals surface area contributed by atoms with Crippen LogP contribution in [0.3, 0.4) is 0 Å². The van der Waals surface area contributed by atoms with E-state index >= 15 is 0 Å². The number of fused-ring (bicyclic) bond motifs is 2. The molecule has 0 nitrogen and oxygen atoms in total. The van der Waals surface area contributed by atoms with E-state index in [4.69, 9.17) is 0 Å². The summed E-state index contributed by atoms with van der Waals surface area (Å²) in [7, 11) is -0.851. The summed E-state index contributed by atoms with van der Waals surface area (Å²) in [6, 6.07) is 32.0. The van der Waals surface area contributed by atoms with Crippen molar-refractivity contribution >= 4 is 48.0 Å². The Labute approximate surface area is 290 Å². The van der Waals surface area contributed by atoms with Gasteiger partial charge in [0.1, 0.15) is 0 Å². The molecule has 0 unspecified atom stereocenters. The largest absolute Gasteiger partial charge is 2.00 e. The molecule has 0 N–H and O–H groups in total. The second-order valence-corrected chi connectivity index (χ2v) is 20.7. The van der Waals surface area contributed by atoms with Gasteiger partial charge in [0, 0.05) is 0 Å². The summed E-state index contributed by atoms with van der Waals surface area (Å²) >= 11 is 0. The molecule has 0 saturated heterocycles. The summed E-state index contributed by atoms with van der Waals surface area (Å²) in [4.78, 5) is 0. The van der Waals surface area contributed by atoms with E-state index in [1.54, 1.807) is 10.9 Å². The van der Waals surface area contributed by atoms with Crippen molar-refractivity contribution in [2.75, 3.05) is 0 Å². The molecule has 0 spiro atoms. The summed E-state index contributed by atoms with van der Waals surface area (Å²) in [5.41, 5.74) is 2.41. The van der Waals surface area contributed by atoms with Crippen LogP contribution in [0.1, 0.15) is 99.8 Å². The van der Waals surface area contributed by atoms with Crippen molar-refractivity contribution in [1.82, 2.24) is 0 Å². The molecule has 0 aliphatic heterocycles. The van der Waals surface area contributed by atoms with Gasteiger partial charge in [-0.2, -0.15) is 0 Å². The van der Waals surface area contributed by atoms with Crippen molar-refractivity contribution in [3.63, 3.8) is 0 Å². The molecule has 0 radical (unpaired) electrons. The van der Waals surface area contributed by atoms with Crippen molar-refractivity contribution < 1.29 is 17.1 Å². The molecule has 4 aromatic rings.